The molecule has 0 bridgehead atoms. The van der Waals surface area contributed by atoms with Crippen LogP contribution in [0, 0.1) is 6.92 Å². The minimum atomic E-state index is -0.205. The van der Waals surface area contributed by atoms with Crippen molar-refractivity contribution in [3.05, 3.63) is 45.1 Å². The Bertz CT molecular complexity index is 706. The number of benzene rings is 1. The second-order valence-electron chi connectivity index (χ2n) is 5.75. The van der Waals surface area contributed by atoms with Gasteiger partial charge in [0.25, 0.3) is 0 Å². The molecule has 6 heteroatoms. The lowest BCUT2D eigenvalue weighted by atomic mass is 9.97. The van der Waals surface area contributed by atoms with Crippen LogP contribution >= 0.6 is 11.6 Å². The normalized spacial score (nSPS) is 19.9. The molecule has 1 aromatic carbocycles. The molecule has 1 aliphatic rings. The molecule has 0 amide bonds. The molecule has 1 aliphatic heterocycles. The number of nitrogens with zero attached hydrogens (tertiary/aromatic N) is 3. The number of likely N-dealkylation sites (tertiary alicyclic amines) is 1. The molecule has 0 unspecified atom stereocenters. The van der Waals surface area contributed by atoms with E-state index >= 15 is 0 Å². The first-order chi connectivity index (χ1) is 10.1. The molecular weight excluding hydrogens is 288 g/mol. The van der Waals surface area contributed by atoms with Gasteiger partial charge in [-0.2, -0.15) is 5.10 Å². The minimum absolute atomic E-state index is 0.205. The molecule has 5 nitrogen and oxygen atoms in total. The largest absolute Gasteiger partial charge is 0.347 e. The summed E-state index contributed by atoms with van der Waals surface area (Å²) in [6.07, 6.45) is 2.17. The number of halogens is 1. The summed E-state index contributed by atoms with van der Waals surface area (Å²) in [6, 6.07) is 5.58. The van der Waals surface area contributed by atoms with E-state index in [9.17, 15) is 4.79 Å². The summed E-state index contributed by atoms with van der Waals surface area (Å²) < 4.78 is 1.67. The van der Waals surface area contributed by atoms with Crippen molar-refractivity contribution in [3.8, 4) is 5.69 Å². The van der Waals surface area contributed by atoms with E-state index in [1.54, 1.807) is 4.57 Å². The van der Waals surface area contributed by atoms with E-state index in [-0.39, 0.29) is 11.6 Å². The van der Waals surface area contributed by atoms with Crippen LogP contribution < -0.4 is 5.69 Å². The number of aromatic nitrogens is 3. The summed E-state index contributed by atoms with van der Waals surface area (Å²) in [5, 5.41) is 7.49. The molecule has 1 aromatic heterocycles. The fourth-order valence-corrected chi connectivity index (χ4v) is 3.18. The Balaban J connectivity index is 2.09. The van der Waals surface area contributed by atoms with Crippen LogP contribution in [0.15, 0.2) is 23.0 Å². The lowest BCUT2D eigenvalue weighted by Crippen LogP contribution is -2.33. The SMILES string of the molecule is Cc1ccc(Cl)cc1-n1c([C@H]2CCCN(C)C2)n[nH]c1=O. The second kappa shape index (κ2) is 5.66. The van der Waals surface area contributed by atoms with Crippen LogP contribution in [0.5, 0.6) is 0 Å². The van der Waals surface area contributed by atoms with Gasteiger partial charge in [0.15, 0.2) is 0 Å². The predicted molar refractivity (Wildman–Crippen MR) is 83.4 cm³/mol. The van der Waals surface area contributed by atoms with Gasteiger partial charge in [0.05, 0.1) is 5.69 Å². The van der Waals surface area contributed by atoms with E-state index in [0.29, 0.717) is 5.02 Å². The molecule has 2 heterocycles. The van der Waals surface area contributed by atoms with E-state index in [1.165, 1.54) is 0 Å². The zero-order chi connectivity index (χ0) is 15.0. The van der Waals surface area contributed by atoms with Crippen molar-refractivity contribution < 1.29 is 0 Å². The van der Waals surface area contributed by atoms with Crippen molar-refractivity contribution in [2.75, 3.05) is 20.1 Å². The van der Waals surface area contributed by atoms with Crippen molar-refractivity contribution in [2.24, 2.45) is 0 Å². The van der Waals surface area contributed by atoms with E-state index in [0.717, 1.165) is 43.0 Å². The number of aromatic amines is 1. The first-order valence-electron chi connectivity index (χ1n) is 7.18. The standard InChI is InChI=1S/C15H19ClN4O/c1-10-5-6-12(16)8-13(10)20-14(17-18-15(20)21)11-4-3-7-19(2)9-11/h5-6,8,11H,3-4,7,9H2,1-2H3,(H,18,21)/t11-/m0/s1. The average molecular weight is 307 g/mol. The number of H-pyrrole nitrogens is 1. The highest BCUT2D eigenvalue weighted by Crippen LogP contribution is 2.27. The molecule has 3 rings (SSSR count). The highest BCUT2D eigenvalue weighted by atomic mass is 35.5. The number of likely N-dealkylation sites (N-methyl/N-ethyl adjacent to an activating group) is 1. The summed E-state index contributed by atoms with van der Waals surface area (Å²) in [4.78, 5) is 14.5. The number of aryl methyl sites for hydroxylation is 1. The topological polar surface area (TPSA) is 53.9 Å². The zero-order valence-corrected chi connectivity index (χ0v) is 13.0. The smallest absolute Gasteiger partial charge is 0.306 e. The van der Waals surface area contributed by atoms with Crippen molar-refractivity contribution in [1.29, 1.82) is 0 Å². The second-order valence-corrected chi connectivity index (χ2v) is 6.19. The minimum Gasteiger partial charge on any atom is -0.306 e. The number of piperidine rings is 1. The van der Waals surface area contributed by atoms with Gasteiger partial charge in [0.2, 0.25) is 0 Å². The van der Waals surface area contributed by atoms with Crippen molar-refractivity contribution in [2.45, 2.75) is 25.7 Å². The third-order valence-corrected chi connectivity index (χ3v) is 4.34. The van der Waals surface area contributed by atoms with Gasteiger partial charge in [-0.3, -0.25) is 0 Å². The number of hydrogen-bond donors (Lipinski definition) is 1. The molecule has 0 aliphatic carbocycles. The van der Waals surface area contributed by atoms with Gasteiger partial charge in [-0.15, -0.1) is 0 Å². The molecule has 0 saturated carbocycles. The lowest BCUT2D eigenvalue weighted by molar-refractivity contribution is 0.244. The molecule has 1 saturated heterocycles. The van der Waals surface area contributed by atoms with Gasteiger partial charge in [0, 0.05) is 17.5 Å². The molecule has 1 atom stereocenters. The third-order valence-electron chi connectivity index (χ3n) is 4.10. The Morgan fingerprint density at radius 1 is 1.43 bits per heavy atom. The Morgan fingerprint density at radius 3 is 3.00 bits per heavy atom. The summed E-state index contributed by atoms with van der Waals surface area (Å²) in [7, 11) is 2.10. The quantitative estimate of drug-likeness (QED) is 0.926. The fourth-order valence-electron chi connectivity index (χ4n) is 3.02. The van der Waals surface area contributed by atoms with Crippen LogP contribution in [0.1, 0.15) is 30.1 Å². The van der Waals surface area contributed by atoms with Crippen LogP contribution in [-0.4, -0.2) is 39.8 Å². The van der Waals surface area contributed by atoms with Gasteiger partial charge in [-0.25, -0.2) is 14.5 Å². The monoisotopic (exact) mass is 306 g/mol. The van der Waals surface area contributed by atoms with Crippen LogP contribution in [0.2, 0.25) is 5.02 Å². The van der Waals surface area contributed by atoms with Gasteiger partial charge in [-0.05, 0) is 51.1 Å². The van der Waals surface area contributed by atoms with Crippen LogP contribution in [0.25, 0.3) is 5.69 Å². The van der Waals surface area contributed by atoms with Gasteiger partial charge < -0.3 is 4.90 Å². The lowest BCUT2D eigenvalue weighted by Gasteiger charge is -2.29. The number of hydrogen-bond acceptors (Lipinski definition) is 3. The van der Waals surface area contributed by atoms with Crippen molar-refractivity contribution in [1.82, 2.24) is 19.7 Å². The van der Waals surface area contributed by atoms with Crippen molar-refractivity contribution >= 4 is 11.6 Å². The first-order valence-corrected chi connectivity index (χ1v) is 7.56. The maximum Gasteiger partial charge on any atom is 0.347 e. The molecule has 2 aromatic rings. The average Bonchev–Trinajstić information content (AvgIpc) is 2.83. The predicted octanol–water partition coefficient (Wildman–Crippen LogP) is 2.33. The molecule has 0 radical (unpaired) electrons. The van der Waals surface area contributed by atoms with Gasteiger partial charge >= 0.3 is 5.69 Å². The summed E-state index contributed by atoms with van der Waals surface area (Å²) in [6.45, 7) is 3.99. The zero-order valence-electron chi connectivity index (χ0n) is 12.3. The fraction of sp³-hybridized carbons (Fsp3) is 0.467. The van der Waals surface area contributed by atoms with E-state index in [4.69, 9.17) is 11.6 Å². The van der Waals surface area contributed by atoms with Crippen LogP contribution in [0.4, 0.5) is 0 Å². The maximum atomic E-state index is 12.2. The maximum absolute atomic E-state index is 12.2. The molecule has 0 spiro atoms. The summed E-state index contributed by atoms with van der Waals surface area (Å²) in [5.41, 5.74) is 1.61. The summed E-state index contributed by atoms with van der Waals surface area (Å²) in [5.74, 6) is 1.07. The highest BCUT2D eigenvalue weighted by molar-refractivity contribution is 6.30. The Morgan fingerprint density at radius 2 is 2.24 bits per heavy atom. The Hall–Kier alpha value is -1.59. The number of rotatable bonds is 2. The first kappa shape index (κ1) is 14.4. The molecule has 1 N–H and O–H groups in total. The molecule has 1 fully saturated rings. The van der Waals surface area contributed by atoms with Gasteiger partial charge in [0.1, 0.15) is 5.82 Å². The summed E-state index contributed by atoms with van der Waals surface area (Å²) >= 11 is 6.09. The van der Waals surface area contributed by atoms with Crippen LogP contribution in [-0.2, 0) is 0 Å². The van der Waals surface area contributed by atoms with Crippen LogP contribution in [0.3, 0.4) is 0 Å². The molecule has 21 heavy (non-hydrogen) atoms. The Kier molecular flexibility index (Phi) is 3.87. The number of nitrogens with one attached hydrogen (secondary N) is 1. The van der Waals surface area contributed by atoms with Crippen molar-refractivity contribution in [3.63, 3.8) is 0 Å². The van der Waals surface area contributed by atoms with E-state index < -0.39 is 0 Å². The molecule has 112 valence electrons. The van der Waals surface area contributed by atoms with Gasteiger partial charge in [-0.1, -0.05) is 17.7 Å². The Labute approximate surface area is 128 Å². The van der Waals surface area contributed by atoms with E-state index in [2.05, 4.69) is 22.1 Å². The molecular formula is C15H19ClN4O. The highest BCUT2D eigenvalue weighted by Gasteiger charge is 2.25. The van der Waals surface area contributed by atoms with E-state index in [1.807, 2.05) is 25.1 Å². The third kappa shape index (κ3) is 2.76.